The quantitative estimate of drug-likeness (QED) is 0.690. The third kappa shape index (κ3) is 4.50. The predicted molar refractivity (Wildman–Crippen MR) is 109 cm³/mol. The summed E-state index contributed by atoms with van der Waals surface area (Å²) in [6, 6.07) is 12.5. The number of aromatic amines is 1. The lowest BCUT2D eigenvalue weighted by molar-refractivity contribution is 0.0982. The lowest BCUT2D eigenvalue weighted by Gasteiger charge is -2.34. The van der Waals surface area contributed by atoms with Crippen molar-refractivity contribution < 1.29 is 0 Å². The van der Waals surface area contributed by atoms with Crippen molar-refractivity contribution >= 4 is 12.2 Å². The summed E-state index contributed by atoms with van der Waals surface area (Å²) in [5, 5.41) is 3.35. The summed E-state index contributed by atoms with van der Waals surface area (Å²) in [5.74, 6) is 0.830. The van der Waals surface area contributed by atoms with Crippen LogP contribution in [-0.2, 0) is 13.2 Å². The van der Waals surface area contributed by atoms with Gasteiger partial charge in [0, 0.05) is 50.7 Å². The number of aromatic nitrogens is 4. The number of pyridine rings is 1. The average molecular weight is 381 g/mol. The number of rotatable bonds is 5. The first kappa shape index (κ1) is 18.0. The Kier molecular flexibility index (Phi) is 5.42. The number of nitrogens with one attached hydrogen (secondary N) is 1. The standard InChI is InChI=1S/C20H24N6S/c1-16-2-4-18(5-3-16)19-22-20(27)26(23-19)15-25-12-10-24(11-13-25)14-17-6-8-21-9-7-17/h2-9H,10-15H2,1H3,(H,22,23,27). The topological polar surface area (TPSA) is 53.0 Å². The van der Waals surface area contributed by atoms with Gasteiger partial charge in [0.2, 0.25) is 4.77 Å². The van der Waals surface area contributed by atoms with Crippen LogP contribution >= 0.6 is 12.2 Å². The molecule has 0 saturated carbocycles. The zero-order valence-corrected chi connectivity index (χ0v) is 16.3. The summed E-state index contributed by atoms with van der Waals surface area (Å²) < 4.78 is 2.56. The normalized spacial score (nSPS) is 15.9. The van der Waals surface area contributed by atoms with Gasteiger partial charge in [-0.1, -0.05) is 29.8 Å². The molecule has 2 aromatic heterocycles. The van der Waals surface area contributed by atoms with Crippen molar-refractivity contribution in [2.24, 2.45) is 0 Å². The minimum Gasteiger partial charge on any atom is -0.297 e. The highest BCUT2D eigenvalue weighted by Crippen LogP contribution is 2.16. The molecule has 0 amide bonds. The number of nitrogens with zero attached hydrogens (tertiary/aromatic N) is 5. The van der Waals surface area contributed by atoms with Gasteiger partial charge >= 0.3 is 0 Å². The van der Waals surface area contributed by atoms with E-state index in [1.165, 1.54) is 11.1 Å². The first-order valence-electron chi connectivity index (χ1n) is 9.25. The van der Waals surface area contributed by atoms with Gasteiger partial charge in [-0.05, 0) is 36.8 Å². The molecule has 0 atom stereocenters. The van der Waals surface area contributed by atoms with E-state index in [1.54, 1.807) is 0 Å². The van der Waals surface area contributed by atoms with Crippen LogP contribution in [0.2, 0.25) is 0 Å². The second kappa shape index (κ2) is 8.12. The van der Waals surface area contributed by atoms with E-state index in [4.69, 9.17) is 12.2 Å². The molecule has 0 bridgehead atoms. The molecule has 6 nitrogen and oxygen atoms in total. The summed E-state index contributed by atoms with van der Waals surface area (Å²) in [6.07, 6.45) is 3.72. The highest BCUT2D eigenvalue weighted by molar-refractivity contribution is 7.71. The second-order valence-corrected chi connectivity index (χ2v) is 7.41. The lowest BCUT2D eigenvalue weighted by Crippen LogP contribution is -2.46. The van der Waals surface area contributed by atoms with E-state index in [9.17, 15) is 0 Å². The molecule has 4 rings (SSSR count). The fraction of sp³-hybridized carbons (Fsp3) is 0.350. The van der Waals surface area contributed by atoms with Crippen LogP contribution in [0.3, 0.4) is 0 Å². The van der Waals surface area contributed by atoms with Crippen molar-refractivity contribution in [1.82, 2.24) is 29.5 Å². The number of hydrogen-bond acceptors (Lipinski definition) is 5. The molecule has 1 saturated heterocycles. The molecule has 1 aliphatic heterocycles. The van der Waals surface area contributed by atoms with Crippen molar-refractivity contribution in [3.8, 4) is 11.4 Å². The molecule has 1 aromatic carbocycles. The molecule has 0 radical (unpaired) electrons. The Balaban J connectivity index is 1.35. The Morgan fingerprint density at radius 1 is 0.963 bits per heavy atom. The highest BCUT2D eigenvalue weighted by atomic mass is 32.1. The first-order valence-corrected chi connectivity index (χ1v) is 9.66. The van der Waals surface area contributed by atoms with Gasteiger partial charge in [-0.15, -0.1) is 0 Å². The maximum Gasteiger partial charge on any atom is 0.217 e. The Morgan fingerprint density at radius 2 is 1.63 bits per heavy atom. The van der Waals surface area contributed by atoms with Gasteiger partial charge in [-0.25, -0.2) is 4.68 Å². The molecule has 0 unspecified atom stereocenters. The zero-order valence-electron chi connectivity index (χ0n) is 15.5. The molecule has 3 aromatic rings. The van der Waals surface area contributed by atoms with Crippen molar-refractivity contribution in [2.75, 3.05) is 26.2 Å². The fourth-order valence-electron chi connectivity index (χ4n) is 3.33. The first-order chi connectivity index (χ1) is 13.2. The SMILES string of the molecule is Cc1ccc(-c2nc(=S)n(CN3CCN(Cc4ccncc4)CC3)[nH]2)cc1. The number of H-pyrrole nitrogens is 1. The number of aryl methyl sites for hydroxylation is 1. The minimum atomic E-state index is 0.602. The fourth-order valence-corrected chi connectivity index (χ4v) is 3.52. The third-order valence-electron chi connectivity index (χ3n) is 4.97. The van der Waals surface area contributed by atoms with E-state index in [0.717, 1.165) is 50.8 Å². The van der Waals surface area contributed by atoms with Crippen molar-refractivity contribution in [3.05, 3.63) is 64.7 Å². The van der Waals surface area contributed by atoms with Gasteiger partial charge in [0.25, 0.3) is 0 Å². The smallest absolute Gasteiger partial charge is 0.217 e. The van der Waals surface area contributed by atoms with Crippen LogP contribution in [-0.4, -0.2) is 55.7 Å². The van der Waals surface area contributed by atoms with Gasteiger partial charge in [0.1, 0.15) is 0 Å². The summed E-state index contributed by atoms with van der Waals surface area (Å²) in [5.41, 5.74) is 3.62. The van der Waals surface area contributed by atoms with Gasteiger partial charge in [-0.3, -0.25) is 19.9 Å². The van der Waals surface area contributed by atoms with Gasteiger partial charge in [0.05, 0.1) is 6.67 Å². The van der Waals surface area contributed by atoms with Crippen LogP contribution in [0.1, 0.15) is 11.1 Å². The van der Waals surface area contributed by atoms with Crippen LogP contribution in [0.25, 0.3) is 11.4 Å². The molecular weight excluding hydrogens is 356 g/mol. The molecule has 3 heterocycles. The van der Waals surface area contributed by atoms with Crippen LogP contribution in [0.5, 0.6) is 0 Å². The number of piperazine rings is 1. The average Bonchev–Trinajstić information content (AvgIpc) is 3.05. The molecule has 7 heteroatoms. The summed E-state index contributed by atoms with van der Waals surface area (Å²) in [7, 11) is 0. The van der Waals surface area contributed by atoms with Crippen LogP contribution in [0, 0.1) is 11.7 Å². The van der Waals surface area contributed by atoms with Gasteiger partial charge in [0.15, 0.2) is 5.82 Å². The van der Waals surface area contributed by atoms with Gasteiger partial charge in [-0.2, -0.15) is 4.98 Å². The monoisotopic (exact) mass is 380 g/mol. The van der Waals surface area contributed by atoms with E-state index in [-0.39, 0.29) is 0 Å². The summed E-state index contributed by atoms with van der Waals surface area (Å²) in [6.45, 7) is 7.96. The minimum absolute atomic E-state index is 0.602. The summed E-state index contributed by atoms with van der Waals surface area (Å²) in [4.78, 5) is 13.5. The maximum absolute atomic E-state index is 5.45. The molecule has 1 N–H and O–H groups in total. The highest BCUT2D eigenvalue weighted by Gasteiger charge is 2.18. The van der Waals surface area contributed by atoms with Crippen LogP contribution < -0.4 is 0 Å². The van der Waals surface area contributed by atoms with Crippen molar-refractivity contribution in [1.29, 1.82) is 0 Å². The van der Waals surface area contributed by atoms with E-state index < -0.39 is 0 Å². The number of hydrogen-bond donors (Lipinski definition) is 1. The molecule has 1 aliphatic rings. The molecular formula is C20H24N6S. The third-order valence-corrected chi connectivity index (χ3v) is 5.28. The summed E-state index contributed by atoms with van der Waals surface area (Å²) >= 11 is 5.45. The maximum atomic E-state index is 5.45. The predicted octanol–water partition coefficient (Wildman–Crippen LogP) is 3.09. The van der Waals surface area contributed by atoms with Crippen molar-refractivity contribution in [3.63, 3.8) is 0 Å². The number of benzene rings is 1. The van der Waals surface area contributed by atoms with Gasteiger partial charge < -0.3 is 0 Å². The van der Waals surface area contributed by atoms with Crippen molar-refractivity contribution in [2.45, 2.75) is 20.1 Å². The van der Waals surface area contributed by atoms with E-state index in [1.807, 2.05) is 17.1 Å². The molecule has 0 spiro atoms. The lowest BCUT2D eigenvalue weighted by atomic mass is 10.1. The Labute approximate surface area is 164 Å². The Bertz CT molecular complexity index is 923. The second-order valence-electron chi connectivity index (χ2n) is 7.04. The van der Waals surface area contributed by atoms with Crippen LogP contribution in [0.4, 0.5) is 0 Å². The largest absolute Gasteiger partial charge is 0.297 e. The Hall–Kier alpha value is -2.35. The molecule has 0 aliphatic carbocycles. The van der Waals surface area contributed by atoms with Crippen LogP contribution in [0.15, 0.2) is 48.8 Å². The molecule has 27 heavy (non-hydrogen) atoms. The molecule has 140 valence electrons. The van der Waals surface area contributed by atoms with E-state index >= 15 is 0 Å². The zero-order chi connectivity index (χ0) is 18.6. The van der Waals surface area contributed by atoms with E-state index in [0.29, 0.717) is 4.77 Å². The Morgan fingerprint density at radius 3 is 2.33 bits per heavy atom. The molecule has 1 fully saturated rings. The van der Waals surface area contributed by atoms with E-state index in [2.05, 4.69) is 68.2 Å².